The van der Waals surface area contributed by atoms with Crippen molar-refractivity contribution in [2.24, 2.45) is 0 Å². The van der Waals surface area contributed by atoms with E-state index in [1.165, 1.54) is 18.8 Å². The molecule has 0 aliphatic carbocycles. The van der Waals surface area contributed by atoms with Crippen LogP contribution in [0.2, 0.25) is 0 Å². The molecule has 1 atom stereocenters. The zero-order valence-corrected chi connectivity index (χ0v) is 35.3. The van der Waals surface area contributed by atoms with Crippen LogP contribution in [0.25, 0.3) is 0 Å². The van der Waals surface area contributed by atoms with Crippen molar-refractivity contribution in [3.8, 4) is 0 Å². The summed E-state index contributed by atoms with van der Waals surface area (Å²) in [5.74, 6) is 0. The van der Waals surface area contributed by atoms with Gasteiger partial charge in [0.15, 0.2) is 0 Å². The minimum atomic E-state index is -5.59. The minimum absolute atomic E-state index is 0.130. The van der Waals surface area contributed by atoms with E-state index < -0.39 is 30.7 Å². The van der Waals surface area contributed by atoms with Crippen molar-refractivity contribution in [3.05, 3.63) is 248 Å². The molecule has 4 heteroatoms. The Kier molecular flexibility index (Phi) is 10.7. The third kappa shape index (κ3) is 6.09. The molecule has 0 bridgehead atoms. The molecule has 8 aromatic rings. The van der Waals surface area contributed by atoms with Crippen molar-refractivity contribution in [2.75, 3.05) is 6.61 Å². The summed E-state index contributed by atoms with van der Waals surface area (Å²) in [6.45, 7) is 0.211. The van der Waals surface area contributed by atoms with Crippen LogP contribution in [0.1, 0.15) is 10.3 Å². The van der Waals surface area contributed by atoms with Crippen molar-refractivity contribution in [1.29, 1.82) is 0 Å². The van der Waals surface area contributed by atoms with Crippen molar-refractivity contribution < 1.29 is 9.53 Å². The molecule has 8 rings (SSSR count). The van der Waals surface area contributed by atoms with Gasteiger partial charge in [-0.15, -0.1) is 0 Å². The van der Waals surface area contributed by atoms with E-state index in [4.69, 9.17) is 4.74 Å². The third-order valence-electron chi connectivity index (χ3n) is 11.2. The van der Waals surface area contributed by atoms with E-state index in [1.54, 1.807) is 0 Å². The van der Waals surface area contributed by atoms with Crippen LogP contribution >= 0.6 is 0 Å². The number of hydrogen-bond acceptors (Lipinski definition) is 2. The summed E-state index contributed by atoms with van der Waals surface area (Å²) >= 11 is -9.41. The van der Waals surface area contributed by atoms with Crippen molar-refractivity contribution in [2.45, 2.75) is 4.75 Å². The van der Waals surface area contributed by atoms with E-state index in [9.17, 15) is 0 Å². The second kappa shape index (κ2) is 16.1. The van der Waals surface area contributed by atoms with Gasteiger partial charge in [-0.25, -0.2) is 0 Å². The van der Waals surface area contributed by atoms with Crippen molar-refractivity contribution >= 4 is 61.8 Å². The Bertz CT molecular complexity index is 2170. The molecule has 0 spiro atoms. The maximum absolute atomic E-state index is 16.5. The Balaban J connectivity index is 1.43. The SMILES string of the molecule is O=[C](OC[CH](c1ccccc1)[Ge]([c]1ccccc1)([c]1ccccc1)[c]1ccccc1)[Sb]([c]1ccccc1)([c]1ccccc1)([c]1ccccc1)[c]1ccccc1. The second-order valence-corrected chi connectivity index (χ2v) is 35.7. The van der Waals surface area contributed by atoms with E-state index >= 15 is 4.79 Å². The fourth-order valence-corrected chi connectivity index (χ4v) is 37.4. The van der Waals surface area contributed by atoms with Gasteiger partial charge in [-0.3, -0.25) is 0 Å². The quantitative estimate of drug-likeness (QED) is 0.121. The molecular formula is C51H43GeO2Sb. The number of benzene rings is 8. The molecule has 0 amide bonds. The van der Waals surface area contributed by atoms with Crippen LogP contribution in [0.4, 0.5) is 4.79 Å². The summed E-state index contributed by atoms with van der Waals surface area (Å²) in [6, 6.07) is 85.6. The molecule has 55 heavy (non-hydrogen) atoms. The molecule has 0 aromatic heterocycles. The van der Waals surface area contributed by atoms with Crippen LogP contribution in [0.5, 0.6) is 0 Å². The topological polar surface area (TPSA) is 26.3 Å². The van der Waals surface area contributed by atoms with Crippen LogP contribution in [0.15, 0.2) is 243 Å². The van der Waals surface area contributed by atoms with Gasteiger partial charge in [0.1, 0.15) is 0 Å². The molecule has 268 valence electrons. The summed E-state index contributed by atoms with van der Waals surface area (Å²) in [5.41, 5.74) is 1.17. The molecule has 1 unspecified atom stereocenters. The first-order valence-corrected chi connectivity index (χ1v) is 29.6. The number of carbonyl (C=O) groups is 1. The molecule has 0 N–H and O–H groups in total. The first-order chi connectivity index (χ1) is 27.2. The fraction of sp³-hybridized carbons (Fsp3) is 0.0392. The molecule has 0 fully saturated rings. The van der Waals surface area contributed by atoms with E-state index in [0.717, 1.165) is 14.0 Å². The van der Waals surface area contributed by atoms with Gasteiger partial charge in [0.2, 0.25) is 0 Å². The van der Waals surface area contributed by atoms with E-state index in [-0.39, 0.29) is 15.3 Å². The molecule has 0 aliphatic rings. The summed E-state index contributed by atoms with van der Waals surface area (Å²) in [5, 5.41) is 0. The molecule has 0 saturated carbocycles. The molecular weight excluding hydrogens is 839 g/mol. The third-order valence-corrected chi connectivity index (χ3v) is 40.0. The van der Waals surface area contributed by atoms with Gasteiger partial charge in [-0.2, -0.15) is 0 Å². The van der Waals surface area contributed by atoms with Gasteiger partial charge in [0.25, 0.3) is 0 Å². The zero-order valence-electron chi connectivity index (χ0n) is 30.6. The monoisotopic (exact) mass is 882 g/mol. The fourth-order valence-electron chi connectivity index (χ4n) is 8.87. The van der Waals surface area contributed by atoms with Crippen LogP contribution in [0.3, 0.4) is 0 Å². The molecule has 2 nitrogen and oxygen atoms in total. The number of ether oxygens (including phenoxy) is 1. The van der Waals surface area contributed by atoms with E-state index in [2.05, 4.69) is 218 Å². The summed E-state index contributed by atoms with van der Waals surface area (Å²) in [4.78, 5) is 16.5. The van der Waals surface area contributed by atoms with Gasteiger partial charge in [0.05, 0.1) is 0 Å². The van der Waals surface area contributed by atoms with Crippen molar-refractivity contribution in [1.82, 2.24) is 0 Å². The average molecular weight is 882 g/mol. The second-order valence-electron chi connectivity index (χ2n) is 13.9. The molecule has 0 radical (unpaired) electrons. The Labute approximate surface area is 328 Å². The summed E-state index contributed by atoms with van der Waals surface area (Å²) in [6.07, 6.45) is 0. The first-order valence-electron chi connectivity index (χ1n) is 18.8. The Morgan fingerprint density at radius 2 is 0.636 bits per heavy atom. The molecule has 0 heterocycles. The Morgan fingerprint density at radius 1 is 0.382 bits per heavy atom. The van der Waals surface area contributed by atoms with Gasteiger partial charge >= 0.3 is 331 Å². The average Bonchev–Trinajstić information content (AvgIpc) is 3.28. The summed E-state index contributed by atoms with van der Waals surface area (Å²) in [7, 11) is 0. The predicted octanol–water partition coefficient (Wildman–Crippen LogP) is 7.23. The van der Waals surface area contributed by atoms with Crippen LogP contribution < -0.4 is 27.2 Å². The summed E-state index contributed by atoms with van der Waals surface area (Å²) < 4.78 is 15.0. The van der Waals surface area contributed by atoms with Gasteiger partial charge in [-0.05, 0) is 0 Å². The predicted molar refractivity (Wildman–Crippen MR) is 235 cm³/mol. The van der Waals surface area contributed by atoms with E-state index in [1.807, 2.05) is 24.3 Å². The van der Waals surface area contributed by atoms with Crippen LogP contribution in [-0.2, 0) is 4.74 Å². The van der Waals surface area contributed by atoms with E-state index in [0.29, 0.717) is 0 Å². The Hall–Kier alpha value is -5.41. The van der Waals surface area contributed by atoms with Gasteiger partial charge in [0, 0.05) is 0 Å². The molecule has 8 aromatic carbocycles. The normalized spacial score (nSPS) is 12.8. The Morgan fingerprint density at radius 3 is 0.927 bits per heavy atom. The maximum atomic E-state index is 16.5. The molecule has 0 saturated heterocycles. The van der Waals surface area contributed by atoms with Gasteiger partial charge in [-0.1, -0.05) is 0 Å². The van der Waals surface area contributed by atoms with Crippen LogP contribution in [-0.4, -0.2) is 41.2 Å². The molecule has 0 aliphatic heterocycles. The number of hydrogen-bond donors (Lipinski definition) is 0. The van der Waals surface area contributed by atoms with Crippen molar-refractivity contribution in [3.63, 3.8) is 0 Å². The number of rotatable bonds is 12. The number of carbonyl (C=O) groups excluding carboxylic acids is 1. The van der Waals surface area contributed by atoms with Crippen LogP contribution in [0, 0.1) is 0 Å². The first kappa shape index (κ1) is 36.6. The standard InChI is InChI=1S/C27H23GeO2.4C6H5.Sb/c29-22-30-21-27(23-13-5-1-6-14-23)28(24-15-7-2-8-16-24,25-17-9-3-10-18-25)26-19-11-4-12-20-26;4*1-2-4-6-5-3-1;/h1-20,27H,21H2;4*1-5H;. The zero-order chi connectivity index (χ0) is 37.4. The van der Waals surface area contributed by atoms with Gasteiger partial charge < -0.3 is 0 Å².